The normalized spacial score (nSPS) is 17.5. The van der Waals surface area contributed by atoms with E-state index in [2.05, 4.69) is 4.98 Å². The Kier molecular flexibility index (Phi) is 4.89. The first-order valence-corrected chi connectivity index (χ1v) is 10.5. The van der Waals surface area contributed by atoms with Gasteiger partial charge in [0.2, 0.25) is 0 Å². The Bertz CT molecular complexity index is 1230. The molecule has 0 radical (unpaired) electrons. The molecule has 1 saturated heterocycles. The lowest BCUT2D eigenvalue weighted by Crippen LogP contribution is -2.53. The molecule has 2 fully saturated rings. The number of hydrogen-bond acceptors (Lipinski definition) is 4. The minimum Gasteiger partial charge on any atom is -0.380 e. The first-order valence-electron chi connectivity index (χ1n) is 10.5. The summed E-state index contributed by atoms with van der Waals surface area (Å²) >= 11 is 0. The van der Waals surface area contributed by atoms with E-state index in [1.807, 2.05) is 0 Å². The highest BCUT2D eigenvalue weighted by molar-refractivity contribution is 5.95. The Hall–Kier alpha value is -3.39. The second kappa shape index (κ2) is 7.63. The molecule has 0 bridgehead atoms. The number of rotatable bonds is 3. The topological polar surface area (TPSA) is 73.7 Å². The molecule has 0 spiro atoms. The number of aromatic nitrogens is 1. The van der Waals surface area contributed by atoms with Gasteiger partial charge in [-0.25, -0.2) is 13.8 Å². The van der Waals surface area contributed by atoms with Crippen LogP contribution in [-0.4, -0.2) is 63.5 Å². The van der Waals surface area contributed by atoms with Crippen LogP contribution < -0.4 is 0 Å². The summed E-state index contributed by atoms with van der Waals surface area (Å²) in [6, 6.07) is 12.0. The molecule has 32 heavy (non-hydrogen) atoms. The Morgan fingerprint density at radius 1 is 0.906 bits per heavy atom. The molecule has 1 aliphatic heterocycles. The monoisotopic (exact) mass is 437 g/mol. The zero-order valence-corrected chi connectivity index (χ0v) is 17.2. The van der Waals surface area contributed by atoms with E-state index in [0.717, 1.165) is 0 Å². The third kappa shape index (κ3) is 3.71. The molecule has 2 heterocycles. The van der Waals surface area contributed by atoms with E-state index in [1.54, 1.807) is 29.2 Å². The largest absolute Gasteiger partial charge is 0.380 e. The highest BCUT2D eigenvalue weighted by Crippen LogP contribution is 2.37. The van der Waals surface area contributed by atoms with Gasteiger partial charge in [-0.2, -0.15) is 0 Å². The van der Waals surface area contributed by atoms with E-state index in [4.69, 9.17) is 0 Å². The smallest absolute Gasteiger partial charge is 0.256 e. The minimum atomic E-state index is -1.22. The maximum atomic E-state index is 14.9. The zero-order valence-electron chi connectivity index (χ0n) is 17.2. The van der Waals surface area contributed by atoms with Crippen LogP contribution in [0.4, 0.5) is 8.78 Å². The molecule has 1 aliphatic carbocycles. The number of nitrogens with zero attached hydrogens (tertiary/aromatic N) is 3. The Labute approximate surface area is 183 Å². The van der Waals surface area contributed by atoms with E-state index in [9.17, 15) is 23.5 Å². The van der Waals surface area contributed by atoms with Crippen molar-refractivity contribution in [2.24, 2.45) is 0 Å². The van der Waals surface area contributed by atoms with E-state index in [0.29, 0.717) is 48.1 Å². The summed E-state index contributed by atoms with van der Waals surface area (Å²) in [5.41, 5.74) is 0.356. The van der Waals surface area contributed by atoms with Gasteiger partial charge in [0.1, 0.15) is 17.2 Å². The molecule has 3 aromatic rings. The van der Waals surface area contributed by atoms with Crippen LogP contribution in [0.15, 0.2) is 48.5 Å². The number of amides is 2. The predicted molar refractivity (Wildman–Crippen MR) is 114 cm³/mol. The Morgan fingerprint density at radius 3 is 2.31 bits per heavy atom. The highest BCUT2D eigenvalue weighted by Gasteiger charge is 2.50. The minimum absolute atomic E-state index is 0.0443. The lowest BCUT2D eigenvalue weighted by molar-refractivity contribution is -0.143. The summed E-state index contributed by atoms with van der Waals surface area (Å²) in [5, 5.41) is 10.6. The molecule has 0 atom stereocenters. The van der Waals surface area contributed by atoms with Gasteiger partial charge in [-0.05, 0) is 49.2 Å². The molecule has 1 N–H and O–H groups in total. The van der Waals surface area contributed by atoms with Crippen molar-refractivity contribution in [3.8, 4) is 11.3 Å². The summed E-state index contributed by atoms with van der Waals surface area (Å²) in [5.74, 6) is -1.73. The molecule has 1 aromatic heterocycles. The van der Waals surface area contributed by atoms with E-state index in [-0.39, 0.29) is 30.4 Å². The number of hydrogen-bond donors (Lipinski definition) is 1. The highest BCUT2D eigenvalue weighted by atomic mass is 19.1. The third-order valence-electron chi connectivity index (χ3n) is 6.12. The molecule has 2 amide bonds. The van der Waals surface area contributed by atoms with Crippen LogP contribution in [0.25, 0.3) is 22.2 Å². The van der Waals surface area contributed by atoms with Crippen molar-refractivity contribution < 1.29 is 23.5 Å². The van der Waals surface area contributed by atoms with Crippen molar-refractivity contribution in [3.05, 3.63) is 65.7 Å². The number of pyridine rings is 1. The molecule has 164 valence electrons. The molecule has 2 aromatic carbocycles. The van der Waals surface area contributed by atoms with E-state index in [1.165, 1.54) is 29.2 Å². The van der Waals surface area contributed by atoms with E-state index >= 15 is 0 Å². The fourth-order valence-electron chi connectivity index (χ4n) is 4.01. The molecular formula is C24H21F2N3O3. The van der Waals surface area contributed by atoms with Crippen LogP contribution in [0, 0.1) is 11.6 Å². The van der Waals surface area contributed by atoms with Gasteiger partial charge in [0, 0.05) is 37.1 Å². The number of carbonyl (C=O) groups is 2. The first kappa shape index (κ1) is 20.5. The summed E-state index contributed by atoms with van der Waals surface area (Å²) < 4.78 is 28.2. The number of benzene rings is 2. The molecule has 1 saturated carbocycles. The Morgan fingerprint density at radius 2 is 1.62 bits per heavy atom. The lowest BCUT2D eigenvalue weighted by atomic mass is 10.1. The van der Waals surface area contributed by atoms with Crippen LogP contribution in [0.3, 0.4) is 0 Å². The standard InChI is InChI=1S/C24H21F2N3O3/c25-17-3-6-21-15(13-17)2-5-20(27-21)16-1-4-18(19(26)14-16)22(30)28-9-11-29(12-10-28)23(31)24(32)7-8-24/h1-6,13-14,32H,7-12H2. The second-order valence-electron chi connectivity index (χ2n) is 8.34. The molecule has 6 nitrogen and oxygen atoms in total. The van der Waals surface area contributed by atoms with Gasteiger partial charge >= 0.3 is 0 Å². The van der Waals surface area contributed by atoms with Crippen LogP contribution in [0.1, 0.15) is 23.2 Å². The van der Waals surface area contributed by atoms with Gasteiger partial charge in [-0.1, -0.05) is 12.1 Å². The number of halogens is 2. The second-order valence-corrected chi connectivity index (χ2v) is 8.34. The molecule has 8 heteroatoms. The van der Waals surface area contributed by atoms with Crippen molar-refractivity contribution in [3.63, 3.8) is 0 Å². The fourth-order valence-corrected chi connectivity index (χ4v) is 4.01. The van der Waals surface area contributed by atoms with E-state index < -0.39 is 17.3 Å². The van der Waals surface area contributed by atoms with Gasteiger partial charge in [0.25, 0.3) is 11.8 Å². The first-order chi connectivity index (χ1) is 15.3. The van der Waals surface area contributed by atoms with Crippen LogP contribution >= 0.6 is 0 Å². The van der Waals surface area contributed by atoms with Crippen LogP contribution in [0.5, 0.6) is 0 Å². The van der Waals surface area contributed by atoms with Crippen LogP contribution in [-0.2, 0) is 4.79 Å². The van der Waals surface area contributed by atoms with Crippen molar-refractivity contribution in [1.82, 2.24) is 14.8 Å². The number of piperazine rings is 1. The number of carbonyl (C=O) groups excluding carboxylic acids is 2. The zero-order chi connectivity index (χ0) is 22.5. The molecular weight excluding hydrogens is 416 g/mol. The molecule has 2 aliphatic rings. The predicted octanol–water partition coefficient (Wildman–Crippen LogP) is 2.99. The van der Waals surface area contributed by atoms with Gasteiger partial charge < -0.3 is 14.9 Å². The third-order valence-corrected chi connectivity index (χ3v) is 6.12. The fraction of sp³-hybridized carbons (Fsp3) is 0.292. The summed E-state index contributed by atoms with van der Waals surface area (Å²) in [4.78, 5) is 32.6. The SMILES string of the molecule is O=C(c1ccc(-c2ccc3cc(F)ccc3n2)cc1F)N1CCN(C(=O)C2(O)CC2)CC1. The van der Waals surface area contributed by atoms with Gasteiger partial charge in [-0.3, -0.25) is 9.59 Å². The van der Waals surface area contributed by atoms with Gasteiger partial charge in [0.05, 0.1) is 16.8 Å². The maximum absolute atomic E-state index is 14.9. The average molecular weight is 437 g/mol. The molecule has 0 unspecified atom stereocenters. The number of fused-ring (bicyclic) bond motifs is 1. The van der Waals surface area contributed by atoms with Gasteiger partial charge in [-0.15, -0.1) is 0 Å². The Balaban J connectivity index is 1.31. The molecule has 5 rings (SSSR count). The number of aliphatic hydroxyl groups is 1. The summed E-state index contributed by atoms with van der Waals surface area (Å²) in [6.07, 6.45) is 0.955. The van der Waals surface area contributed by atoms with Crippen molar-refractivity contribution in [2.45, 2.75) is 18.4 Å². The van der Waals surface area contributed by atoms with Crippen LogP contribution in [0.2, 0.25) is 0 Å². The summed E-state index contributed by atoms with van der Waals surface area (Å²) in [7, 11) is 0. The average Bonchev–Trinajstić information content (AvgIpc) is 3.56. The van der Waals surface area contributed by atoms with Gasteiger partial charge in [0.15, 0.2) is 0 Å². The summed E-state index contributed by atoms with van der Waals surface area (Å²) in [6.45, 7) is 1.19. The lowest BCUT2D eigenvalue weighted by Gasteiger charge is -2.35. The maximum Gasteiger partial charge on any atom is 0.256 e. The van der Waals surface area contributed by atoms with Crippen molar-refractivity contribution in [2.75, 3.05) is 26.2 Å². The van der Waals surface area contributed by atoms with Crippen molar-refractivity contribution in [1.29, 1.82) is 0 Å². The van der Waals surface area contributed by atoms with Crippen molar-refractivity contribution >= 4 is 22.7 Å². The quantitative estimate of drug-likeness (QED) is 0.684.